The summed E-state index contributed by atoms with van der Waals surface area (Å²) in [4.78, 5) is 12.4. The number of carbonyl (C=O) groups excluding carboxylic acids is 1. The third kappa shape index (κ3) is 4.59. The van der Waals surface area contributed by atoms with E-state index < -0.39 is 16.9 Å². The maximum atomic E-state index is 13.6. The van der Waals surface area contributed by atoms with Crippen LogP contribution in [0.25, 0.3) is 0 Å². The van der Waals surface area contributed by atoms with E-state index in [4.69, 9.17) is 16.3 Å². The maximum absolute atomic E-state index is 13.6. The molecule has 23 heavy (non-hydrogen) atoms. The molecule has 3 nitrogen and oxygen atoms in total. The number of nitrogens with one attached hydrogen (secondary N) is 1. The number of rotatable bonds is 5. The minimum absolute atomic E-state index is 0.210. The third-order valence-electron chi connectivity index (χ3n) is 2.99. The molecule has 0 fully saturated rings. The van der Waals surface area contributed by atoms with Gasteiger partial charge in [0.15, 0.2) is 0 Å². The normalized spacial score (nSPS) is 11.9. The van der Waals surface area contributed by atoms with E-state index in [0.29, 0.717) is 16.5 Å². The van der Waals surface area contributed by atoms with Crippen LogP contribution in [0.4, 0.5) is 14.5 Å². The van der Waals surface area contributed by atoms with Crippen molar-refractivity contribution in [2.75, 3.05) is 12.4 Å². The summed E-state index contributed by atoms with van der Waals surface area (Å²) in [5.41, 5.74) is 0.507. The highest BCUT2D eigenvalue weighted by atomic mass is 35.5. The Kier molecular flexibility index (Phi) is 5.85. The summed E-state index contributed by atoms with van der Waals surface area (Å²) in [6.07, 6.45) is 0. The molecule has 0 radical (unpaired) electrons. The summed E-state index contributed by atoms with van der Waals surface area (Å²) in [5, 5.41) is 2.49. The van der Waals surface area contributed by atoms with Gasteiger partial charge in [-0.15, -0.1) is 11.8 Å². The van der Waals surface area contributed by atoms with E-state index in [1.54, 1.807) is 25.1 Å². The van der Waals surface area contributed by atoms with Gasteiger partial charge in [-0.2, -0.15) is 0 Å². The Morgan fingerprint density at radius 1 is 1.26 bits per heavy atom. The van der Waals surface area contributed by atoms with E-state index >= 15 is 0 Å². The number of anilines is 1. The van der Waals surface area contributed by atoms with Gasteiger partial charge in [-0.25, -0.2) is 8.78 Å². The van der Waals surface area contributed by atoms with Crippen LogP contribution in [0.15, 0.2) is 41.3 Å². The number of benzene rings is 2. The molecular weight excluding hydrogens is 344 g/mol. The van der Waals surface area contributed by atoms with Crippen molar-refractivity contribution in [1.29, 1.82) is 0 Å². The first-order valence-electron chi connectivity index (χ1n) is 6.67. The number of amides is 1. The van der Waals surface area contributed by atoms with E-state index in [1.807, 2.05) is 0 Å². The molecular formula is C16H14ClF2NO2S. The molecule has 2 aromatic rings. The van der Waals surface area contributed by atoms with E-state index in [0.717, 1.165) is 23.9 Å². The largest absolute Gasteiger partial charge is 0.495 e. The van der Waals surface area contributed by atoms with Crippen LogP contribution in [-0.2, 0) is 4.79 Å². The molecule has 7 heteroatoms. The highest BCUT2D eigenvalue weighted by molar-refractivity contribution is 8.00. The summed E-state index contributed by atoms with van der Waals surface area (Å²) in [7, 11) is 1.50. The number of carbonyl (C=O) groups is 1. The maximum Gasteiger partial charge on any atom is 0.237 e. The summed E-state index contributed by atoms with van der Waals surface area (Å²) in [5.74, 6) is -1.17. The molecule has 122 valence electrons. The molecule has 0 aliphatic carbocycles. The van der Waals surface area contributed by atoms with Crippen LogP contribution >= 0.6 is 23.4 Å². The van der Waals surface area contributed by atoms with Gasteiger partial charge in [0.1, 0.15) is 17.4 Å². The Morgan fingerprint density at radius 3 is 2.61 bits per heavy atom. The minimum atomic E-state index is -0.692. The highest BCUT2D eigenvalue weighted by Gasteiger charge is 2.17. The number of hydrogen-bond donors (Lipinski definition) is 1. The molecule has 2 aromatic carbocycles. The van der Waals surface area contributed by atoms with E-state index in [-0.39, 0.29) is 10.8 Å². The second-order valence-electron chi connectivity index (χ2n) is 4.67. The predicted octanol–water partition coefficient (Wildman–Crippen LogP) is 4.75. The number of thioether (sulfide) groups is 1. The number of ether oxygens (including phenoxy) is 1. The Morgan fingerprint density at radius 2 is 2.00 bits per heavy atom. The van der Waals surface area contributed by atoms with Crippen molar-refractivity contribution in [1.82, 2.24) is 0 Å². The fourth-order valence-electron chi connectivity index (χ4n) is 1.80. The predicted molar refractivity (Wildman–Crippen MR) is 88.3 cm³/mol. The second-order valence-corrected chi connectivity index (χ2v) is 6.46. The summed E-state index contributed by atoms with van der Waals surface area (Å²) >= 11 is 7.00. The first-order chi connectivity index (χ1) is 10.9. The lowest BCUT2D eigenvalue weighted by molar-refractivity contribution is -0.115. The van der Waals surface area contributed by atoms with Crippen LogP contribution < -0.4 is 10.1 Å². The van der Waals surface area contributed by atoms with Crippen LogP contribution in [0.2, 0.25) is 5.02 Å². The van der Waals surface area contributed by atoms with Gasteiger partial charge < -0.3 is 10.1 Å². The Labute approximate surface area is 142 Å². The van der Waals surface area contributed by atoms with Crippen LogP contribution in [0.5, 0.6) is 5.75 Å². The van der Waals surface area contributed by atoms with Crippen molar-refractivity contribution >= 4 is 35.0 Å². The molecule has 0 saturated heterocycles. The van der Waals surface area contributed by atoms with Gasteiger partial charge in [0.05, 0.1) is 17.4 Å². The van der Waals surface area contributed by atoms with Gasteiger partial charge in [0.2, 0.25) is 5.91 Å². The Balaban J connectivity index is 2.03. The fourth-order valence-corrected chi connectivity index (χ4v) is 2.93. The van der Waals surface area contributed by atoms with Crippen molar-refractivity contribution in [2.24, 2.45) is 0 Å². The Hall–Kier alpha value is -1.79. The molecule has 2 rings (SSSR count). The zero-order chi connectivity index (χ0) is 17.0. The average molecular weight is 358 g/mol. The van der Waals surface area contributed by atoms with Gasteiger partial charge in [-0.05, 0) is 37.3 Å². The molecule has 0 heterocycles. The van der Waals surface area contributed by atoms with E-state index in [2.05, 4.69) is 5.32 Å². The molecule has 1 atom stereocenters. The minimum Gasteiger partial charge on any atom is -0.495 e. The zero-order valence-corrected chi connectivity index (χ0v) is 14.0. The summed E-state index contributed by atoms with van der Waals surface area (Å²) in [6.45, 7) is 1.63. The monoisotopic (exact) mass is 357 g/mol. The lowest BCUT2D eigenvalue weighted by atomic mass is 10.3. The SMILES string of the molecule is COc1ccc(NC(=O)[C@H](C)Sc2ccc(F)cc2F)cc1Cl. The molecule has 0 aliphatic heterocycles. The van der Waals surface area contributed by atoms with Crippen molar-refractivity contribution in [2.45, 2.75) is 17.1 Å². The standard InChI is InChI=1S/C16H14ClF2NO2S/c1-9(23-15-6-3-10(18)7-13(15)19)16(21)20-11-4-5-14(22-2)12(17)8-11/h3-9H,1-2H3,(H,20,21)/t9-/m0/s1. The molecule has 0 bridgehead atoms. The first-order valence-corrected chi connectivity index (χ1v) is 7.92. The molecule has 0 aliphatic rings. The van der Waals surface area contributed by atoms with Crippen molar-refractivity contribution in [3.05, 3.63) is 53.1 Å². The van der Waals surface area contributed by atoms with Gasteiger partial charge in [-0.1, -0.05) is 11.6 Å². The van der Waals surface area contributed by atoms with Crippen LogP contribution in [0, 0.1) is 11.6 Å². The number of methoxy groups -OCH3 is 1. The van der Waals surface area contributed by atoms with Gasteiger partial charge in [0.25, 0.3) is 0 Å². The van der Waals surface area contributed by atoms with Gasteiger partial charge in [-0.3, -0.25) is 4.79 Å². The highest BCUT2D eigenvalue weighted by Crippen LogP contribution is 2.29. The Bertz CT molecular complexity index is 727. The van der Waals surface area contributed by atoms with E-state index in [1.165, 1.54) is 13.2 Å². The van der Waals surface area contributed by atoms with Gasteiger partial charge >= 0.3 is 0 Å². The molecule has 1 N–H and O–H groups in total. The number of hydrogen-bond acceptors (Lipinski definition) is 3. The van der Waals surface area contributed by atoms with E-state index in [9.17, 15) is 13.6 Å². The fraction of sp³-hybridized carbons (Fsp3) is 0.188. The molecule has 0 saturated carbocycles. The zero-order valence-electron chi connectivity index (χ0n) is 12.4. The summed E-state index contributed by atoms with van der Waals surface area (Å²) < 4.78 is 31.5. The lowest BCUT2D eigenvalue weighted by Gasteiger charge is -2.13. The average Bonchev–Trinajstić information content (AvgIpc) is 2.50. The van der Waals surface area contributed by atoms with Crippen molar-refractivity contribution in [3.8, 4) is 5.75 Å². The third-order valence-corrected chi connectivity index (χ3v) is 4.43. The van der Waals surface area contributed by atoms with Crippen LogP contribution in [0.3, 0.4) is 0 Å². The van der Waals surface area contributed by atoms with Gasteiger partial charge in [0, 0.05) is 16.6 Å². The molecule has 0 spiro atoms. The molecule has 1 amide bonds. The summed E-state index contributed by atoms with van der Waals surface area (Å²) in [6, 6.07) is 8.10. The lowest BCUT2D eigenvalue weighted by Crippen LogP contribution is -2.22. The number of halogens is 3. The second kappa shape index (κ2) is 7.66. The van der Waals surface area contributed by atoms with Crippen molar-refractivity contribution in [3.63, 3.8) is 0 Å². The smallest absolute Gasteiger partial charge is 0.237 e. The van der Waals surface area contributed by atoms with Crippen molar-refractivity contribution < 1.29 is 18.3 Å². The first kappa shape index (κ1) is 17.6. The topological polar surface area (TPSA) is 38.3 Å². The molecule has 0 aromatic heterocycles. The van der Waals surface area contributed by atoms with Crippen LogP contribution in [-0.4, -0.2) is 18.3 Å². The van der Waals surface area contributed by atoms with Crippen LogP contribution in [0.1, 0.15) is 6.92 Å². The quantitative estimate of drug-likeness (QED) is 0.785. The molecule has 0 unspecified atom stereocenters.